The Labute approximate surface area is 112 Å². The molecule has 1 fully saturated rings. The summed E-state index contributed by atoms with van der Waals surface area (Å²) in [6.07, 6.45) is 4.84. The maximum atomic E-state index is 11.2. The van der Waals surface area contributed by atoms with E-state index in [4.69, 9.17) is 16.7 Å². The van der Waals surface area contributed by atoms with Crippen molar-refractivity contribution in [3.8, 4) is 0 Å². The van der Waals surface area contributed by atoms with Crippen LogP contribution in [0, 0.1) is 0 Å². The maximum absolute atomic E-state index is 11.2. The first kappa shape index (κ1) is 13.4. The van der Waals surface area contributed by atoms with Crippen LogP contribution in [0.5, 0.6) is 0 Å². The topological polar surface area (TPSA) is 40.5 Å². The lowest BCUT2D eigenvalue weighted by molar-refractivity contribution is 0.112. The molecule has 0 bridgehead atoms. The van der Waals surface area contributed by atoms with Crippen LogP contribution in [-0.2, 0) is 0 Å². The summed E-state index contributed by atoms with van der Waals surface area (Å²) >= 11 is 6.06. The molecule has 0 spiro atoms. The molecule has 98 valence electrons. The van der Waals surface area contributed by atoms with Gasteiger partial charge in [0.05, 0.1) is 10.6 Å². The lowest BCUT2D eigenvalue weighted by Crippen LogP contribution is -2.30. The van der Waals surface area contributed by atoms with Gasteiger partial charge in [0.15, 0.2) is 6.29 Å². The largest absolute Gasteiger partial charge is 0.396 e. The molecule has 1 unspecified atom stereocenters. The number of benzene rings is 1. The van der Waals surface area contributed by atoms with Gasteiger partial charge in [-0.3, -0.25) is 4.79 Å². The highest BCUT2D eigenvalue weighted by Crippen LogP contribution is 2.32. The highest BCUT2D eigenvalue weighted by atomic mass is 35.5. The Bertz CT molecular complexity index is 422. The van der Waals surface area contributed by atoms with Crippen molar-refractivity contribution in [2.45, 2.75) is 31.7 Å². The van der Waals surface area contributed by atoms with Crippen LogP contribution in [0.4, 0.5) is 5.69 Å². The molecule has 1 atom stereocenters. The number of rotatable bonds is 5. The molecule has 1 heterocycles. The first-order valence-electron chi connectivity index (χ1n) is 6.39. The molecule has 0 aromatic heterocycles. The summed E-state index contributed by atoms with van der Waals surface area (Å²) in [6, 6.07) is 5.99. The van der Waals surface area contributed by atoms with Crippen LogP contribution < -0.4 is 4.90 Å². The van der Waals surface area contributed by atoms with E-state index in [9.17, 15) is 4.79 Å². The van der Waals surface area contributed by atoms with Gasteiger partial charge in [0.1, 0.15) is 0 Å². The van der Waals surface area contributed by atoms with Gasteiger partial charge in [0.2, 0.25) is 0 Å². The fourth-order valence-corrected chi connectivity index (χ4v) is 2.89. The Morgan fingerprint density at radius 1 is 1.50 bits per heavy atom. The number of carbonyl (C=O) groups is 1. The monoisotopic (exact) mass is 267 g/mol. The molecule has 1 aliphatic rings. The second kappa shape index (κ2) is 6.21. The Morgan fingerprint density at radius 2 is 2.33 bits per heavy atom. The third-order valence-corrected chi connectivity index (χ3v) is 3.86. The fourth-order valence-electron chi connectivity index (χ4n) is 2.67. The summed E-state index contributed by atoms with van der Waals surface area (Å²) in [5, 5.41) is 9.44. The summed E-state index contributed by atoms with van der Waals surface area (Å²) in [5.41, 5.74) is 1.51. The molecule has 1 aromatic rings. The zero-order valence-corrected chi connectivity index (χ0v) is 11.1. The number of hydrogen-bond donors (Lipinski definition) is 1. The van der Waals surface area contributed by atoms with E-state index in [0.717, 1.165) is 44.2 Å². The van der Waals surface area contributed by atoms with Crippen LogP contribution in [0.1, 0.15) is 36.0 Å². The molecule has 4 heteroatoms. The minimum atomic E-state index is 0.223. The van der Waals surface area contributed by atoms with E-state index in [1.165, 1.54) is 0 Å². The molecule has 3 nitrogen and oxygen atoms in total. The second-order valence-electron chi connectivity index (χ2n) is 4.65. The molecule has 18 heavy (non-hydrogen) atoms. The van der Waals surface area contributed by atoms with Crippen molar-refractivity contribution < 1.29 is 9.90 Å². The summed E-state index contributed by atoms with van der Waals surface area (Å²) < 4.78 is 0. The average molecular weight is 268 g/mol. The van der Waals surface area contributed by atoms with Crippen molar-refractivity contribution in [3.63, 3.8) is 0 Å². The number of hydrogen-bond acceptors (Lipinski definition) is 3. The molecule has 2 rings (SSSR count). The first-order valence-corrected chi connectivity index (χ1v) is 6.77. The van der Waals surface area contributed by atoms with Gasteiger partial charge in [-0.2, -0.15) is 0 Å². The highest BCUT2D eigenvalue weighted by molar-refractivity contribution is 6.33. The van der Waals surface area contributed by atoms with Gasteiger partial charge in [0.25, 0.3) is 0 Å². The molecule has 0 saturated carbocycles. The summed E-state index contributed by atoms with van der Waals surface area (Å²) in [4.78, 5) is 13.4. The second-order valence-corrected chi connectivity index (χ2v) is 5.05. The number of aldehydes is 1. The van der Waals surface area contributed by atoms with E-state index in [1.54, 1.807) is 6.07 Å². The van der Waals surface area contributed by atoms with Crippen molar-refractivity contribution in [2.75, 3.05) is 18.1 Å². The van der Waals surface area contributed by atoms with E-state index in [0.29, 0.717) is 16.6 Å². The van der Waals surface area contributed by atoms with E-state index in [-0.39, 0.29) is 6.61 Å². The highest BCUT2D eigenvalue weighted by Gasteiger charge is 2.26. The number of carbonyl (C=O) groups excluding carboxylic acids is 1. The average Bonchev–Trinajstić information content (AvgIpc) is 2.84. The van der Waals surface area contributed by atoms with E-state index in [2.05, 4.69) is 4.90 Å². The SMILES string of the molecule is O=Cc1c(Cl)cccc1N1CCCC1CCCO. The minimum absolute atomic E-state index is 0.223. The van der Waals surface area contributed by atoms with Gasteiger partial charge < -0.3 is 10.0 Å². The molecular formula is C14H18ClNO2. The minimum Gasteiger partial charge on any atom is -0.396 e. The molecule has 1 aliphatic heterocycles. The molecular weight excluding hydrogens is 250 g/mol. The van der Waals surface area contributed by atoms with Gasteiger partial charge >= 0.3 is 0 Å². The summed E-state index contributed by atoms with van der Waals surface area (Å²) in [6.45, 7) is 1.18. The number of aliphatic hydroxyl groups is 1. The van der Waals surface area contributed by atoms with Crippen molar-refractivity contribution in [1.29, 1.82) is 0 Å². The zero-order chi connectivity index (χ0) is 13.0. The number of aliphatic hydroxyl groups excluding tert-OH is 1. The molecule has 1 N–H and O–H groups in total. The van der Waals surface area contributed by atoms with E-state index in [1.807, 2.05) is 12.1 Å². The van der Waals surface area contributed by atoms with Gasteiger partial charge in [-0.15, -0.1) is 0 Å². The quantitative estimate of drug-likeness (QED) is 0.834. The van der Waals surface area contributed by atoms with Crippen molar-refractivity contribution >= 4 is 23.6 Å². The molecule has 1 aromatic carbocycles. The zero-order valence-electron chi connectivity index (χ0n) is 10.3. The Morgan fingerprint density at radius 3 is 3.06 bits per heavy atom. The number of halogens is 1. The molecule has 0 amide bonds. The van der Waals surface area contributed by atoms with Crippen LogP contribution in [0.15, 0.2) is 18.2 Å². The summed E-state index contributed by atoms with van der Waals surface area (Å²) in [5.74, 6) is 0. The normalized spacial score (nSPS) is 19.2. The Kier molecular flexibility index (Phi) is 4.61. The molecule has 1 saturated heterocycles. The fraction of sp³-hybridized carbons (Fsp3) is 0.500. The van der Waals surface area contributed by atoms with Crippen molar-refractivity contribution in [2.24, 2.45) is 0 Å². The number of nitrogens with zero attached hydrogens (tertiary/aromatic N) is 1. The molecule has 0 radical (unpaired) electrons. The van der Waals surface area contributed by atoms with Gasteiger partial charge in [0, 0.05) is 24.9 Å². The van der Waals surface area contributed by atoms with Crippen molar-refractivity contribution in [3.05, 3.63) is 28.8 Å². The predicted molar refractivity (Wildman–Crippen MR) is 73.5 cm³/mol. The Hall–Kier alpha value is -1.06. The van der Waals surface area contributed by atoms with Crippen molar-refractivity contribution in [1.82, 2.24) is 0 Å². The standard InChI is InChI=1S/C14H18ClNO2/c15-13-6-1-7-14(12(13)10-18)16-8-2-4-11(16)5-3-9-17/h1,6-7,10-11,17H,2-5,8-9H2. The first-order chi connectivity index (χ1) is 8.77. The van der Waals surface area contributed by atoms with Crippen LogP contribution in [0.3, 0.4) is 0 Å². The van der Waals surface area contributed by atoms with Crippen LogP contribution >= 0.6 is 11.6 Å². The lowest BCUT2D eigenvalue weighted by atomic mass is 10.1. The smallest absolute Gasteiger partial charge is 0.153 e. The Balaban J connectivity index is 2.24. The van der Waals surface area contributed by atoms with Gasteiger partial charge in [-0.1, -0.05) is 17.7 Å². The van der Waals surface area contributed by atoms with Crippen LogP contribution in [0.25, 0.3) is 0 Å². The number of anilines is 1. The lowest BCUT2D eigenvalue weighted by Gasteiger charge is -2.28. The molecule has 0 aliphatic carbocycles. The summed E-state index contributed by atoms with van der Waals surface area (Å²) in [7, 11) is 0. The van der Waals surface area contributed by atoms with Crippen LogP contribution in [0.2, 0.25) is 5.02 Å². The van der Waals surface area contributed by atoms with Crippen LogP contribution in [-0.4, -0.2) is 30.6 Å². The van der Waals surface area contributed by atoms with E-state index < -0.39 is 0 Å². The van der Waals surface area contributed by atoms with Gasteiger partial charge in [-0.25, -0.2) is 0 Å². The van der Waals surface area contributed by atoms with Gasteiger partial charge in [-0.05, 0) is 37.8 Å². The third-order valence-electron chi connectivity index (χ3n) is 3.53. The maximum Gasteiger partial charge on any atom is 0.153 e. The predicted octanol–water partition coefficient (Wildman–Crippen LogP) is 2.89. The van der Waals surface area contributed by atoms with E-state index >= 15 is 0 Å². The third kappa shape index (κ3) is 2.68.